The number of hydrogen-bond donors (Lipinski definition) is 2. The number of aromatic amines is 1. The zero-order valence-corrected chi connectivity index (χ0v) is 17.2. The molecule has 0 saturated carbocycles. The molecule has 1 aliphatic heterocycles. The minimum Gasteiger partial charge on any atom is -0.399 e. The van der Waals surface area contributed by atoms with Gasteiger partial charge < -0.3 is 10.7 Å². The lowest BCUT2D eigenvalue weighted by molar-refractivity contribution is 0.239. The van der Waals surface area contributed by atoms with Crippen LogP contribution in [0.4, 0.5) is 5.69 Å². The highest BCUT2D eigenvalue weighted by Gasteiger charge is 2.22. The second-order valence-electron chi connectivity index (χ2n) is 7.41. The molecule has 4 aromatic rings. The Morgan fingerprint density at radius 2 is 1.93 bits per heavy atom. The van der Waals surface area contributed by atoms with Crippen LogP contribution in [0.15, 0.2) is 64.8 Å². The molecule has 1 aliphatic rings. The molecule has 7 heteroatoms. The summed E-state index contributed by atoms with van der Waals surface area (Å²) in [5, 5.41) is 2.06. The molecule has 0 aliphatic carbocycles. The van der Waals surface area contributed by atoms with Crippen molar-refractivity contribution in [3.8, 4) is 22.0 Å². The summed E-state index contributed by atoms with van der Waals surface area (Å²) < 4.78 is 0. The van der Waals surface area contributed by atoms with Gasteiger partial charge in [0, 0.05) is 37.3 Å². The summed E-state index contributed by atoms with van der Waals surface area (Å²) >= 11 is 1.69. The maximum Gasteiger partial charge on any atom is 0.255 e. The smallest absolute Gasteiger partial charge is 0.255 e. The summed E-state index contributed by atoms with van der Waals surface area (Å²) in [6.45, 7) is 2.12. The highest BCUT2D eigenvalue weighted by atomic mass is 32.1. The number of H-pyrrole nitrogens is 1. The molecule has 3 aromatic heterocycles. The largest absolute Gasteiger partial charge is 0.399 e. The second-order valence-corrected chi connectivity index (χ2v) is 8.36. The van der Waals surface area contributed by atoms with E-state index in [0.29, 0.717) is 24.6 Å². The van der Waals surface area contributed by atoms with E-state index in [4.69, 9.17) is 15.7 Å². The number of pyridine rings is 1. The summed E-state index contributed by atoms with van der Waals surface area (Å²) in [5.74, 6) is 0.595. The van der Waals surface area contributed by atoms with Gasteiger partial charge in [-0.05, 0) is 47.8 Å². The van der Waals surface area contributed by atoms with Gasteiger partial charge in [-0.25, -0.2) is 4.98 Å². The van der Waals surface area contributed by atoms with Crippen LogP contribution in [0.2, 0.25) is 0 Å². The van der Waals surface area contributed by atoms with Crippen LogP contribution in [0.3, 0.4) is 0 Å². The molecular formula is C23H21N5OS. The summed E-state index contributed by atoms with van der Waals surface area (Å²) in [6, 6.07) is 17.6. The number of nitrogens with one attached hydrogen (secondary N) is 1. The molecule has 0 atom stereocenters. The first kappa shape index (κ1) is 18.7. The maximum atomic E-state index is 12.8. The SMILES string of the molecule is Nc1ccc(-c2nc3c(c(=O)[nH]2)CN(Cc2cccc(-c4cccs4)n2)CC3)cc1. The van der Waals surface area contributed by atoms with Crippen LogP contribution in [-0.2, 0) is 19.5 Å². The van der Waals surface area contributed by atoms with E-state index >= 15 is 0 Å². The normalized spacial score (nSPS) is 13.9. The van der Waals surface area contributed by atoms with Gasteiger partial charge in [-0.2, -0.15) is 0 Å². The van der Waals surface area contributed by atoms with Gasteiger partial charge in [0.2, 0.25) is 0 Å². The fourth-order valence-electron chi connectivity index (χ4n) is 3.75. The van der Waals surface area contributed by atoms with Crippen molar-refractivity contribution < 1.29 is 0 Å². The number of nitrogens with two attached hydrogens (primary N) is 1. The first-order chi connectivity index (χ1) is 14.7. The maximum absolute atomic E-state index is 12.8. The minimum absolute atomic E-state index is 0.0724. The van der Waals surface area contributed by atoms with Crippen LogP contribution in [0, 0.1) is 0 Å². The second kappa shape index (κ2) is 7.85. The van der Waals surface area contributed by atoms with Crippen LogP contribution in [0.5, 0.6) is 0 Å². The van der Waals surface area contributed by atoms with Crippen molar-refractivity contribution in [3.05, 3.63) is 87.3 Å². The summed E-state index contributed by atoms with van der Waals surface area (Å²) in [4.78, 5) is 28.7. The first-order valence-corrected chi connectivity index (χ1v) is 10.7. The fourth-order valence-corrected chi connectivity index (χ4v) is 4.45. The summed E-state index contributed by atoms with van der Waals surface area (Å²) in [7, 11) is 0. The molecule has 3 N–H and O–H groups in total. The van der Waals surface area contributed by atoms with Gasteiger partial charge in [0.25, 0.3) is 5.56 Å². The number of aromatic nitrogens is 3. The van der Waals surface area contributed by atoms with Crippen molar-refractivity contribution in [3.63, 3.8) is 0 Å². The van der Waals surface area contributed by atoms with Crippen molar-refractivity contribution in [2.24, 2.45) is 0 Å². The third kappa shape index (κ3) is 3.77. The zero-order valence-electron chi connectivity index (χ0n) is 16.3. The molecule has 0 amide bonds. The average Bonchev–Trinajstić information content (AvgIpc) is 3.30. The Hall–Kier alpha value is -3.29. The van der Waals surface area contributed by atoms with Crippen molar-refractivity contribution >= 4 is 17.0 Å². The molecule has 150 valence electrons. The van der Waals surface area contributed by atoms with Crippen LogP contribution in [0.25, 0.3) is 22.0 Å². The van der Waals surface area contributed by atoms with E-state index in [-0.39, 0.29) is 5.56 Å². The Morgan fingerprint density at radius 3 is 2.73 bits per heavy atom. The Bertz CT molecular complexity index is 1230. The molecule has 0 fully saturated rings. The Labute approximate surface area is 178 Å². The van der Waals surface area contributed by atoms with E-state index < -0.39 is 0 Å². The van der Waals surface area contributed by atoms with E-state index in [1.165, 1.54) is 0 Å². The van der Waals surface area contributed by atoms with Gasteiger partial charge in [-0.15, -0.1) is 11.3 Å². The number of nitrogen functional groups attached to an aromatic ring is 1. The molecule has 0 spiro atoms. The molecule has 0 bridgehead atoms. The molecule has 0 unspecified atom stereocenters. The van der Waals surface area contributed by atoms with Gasteiger partial charge in [0.15, 0.2) is 0 Å². The average molecular weight is 416 g/mol. The monoisotopic (exact) mass is 415 g/mol. The van der Waals surface area contributed by atoms with Crippen LogP contribution in [-0.4, -0.2) is 26.4 Å². The number of rotatable bonds is 4. The van der Waals surface area contributed by atoms with Crippen molar-refractivity contribution in [2.45, 2.75) is 19.5 Å². The number of thiophene rings is 1. The van der Waals surface area contributed by atoms with E-state index in [1.807, 2.05) is 48.5 Å². The van der Waals surface area contributed by atoms with Gasteiger partial charge in [0.05, 0.1) is 27.5 Å². The summed E-state index contributed by atoms with van der Waals surface area (Å²) in [6.07, 6.45) is 0.742. The topological polar surface area (TPSA) is 87.9 Å². The fraction of sp³-hybridized carbons (Fsp3) is 0.174. The van der Waals surface area contributed by atoms with Crippen molar-refractivity contribution in [1.82, 2.24) is 19.9 Å². The minimum atomic E-state index is -0.0724. The molecule has 30 heavy (non-hydrogen) atoms. The van der Waals surface area contributed by atoms with Gasteiger partial charge in [-0.1, -0.05) is 12.1 Å². The van der Waals surface area contributed by atoms with E-state index in [2.05, 4.69) is 21.3 Å². The third-order valence-corrected chi connectivity index (χ3v) is 6.19. The number of benzene rings is 1. The van der Waals surface area contributed by atoms with Gasteiger partial charge in [0.1, 0.15) is 5.82 Å². The van der Waals surface area contributed by atoms with Crippen LogP contribution in [0.1, 0.15) is 17.0 Å². The highest BCUT2D eigenvalue weighted by molar-refractivity contribution is 7.13. The van der Waals surface area contributed by atoms with Crippen molar-refractivity contribution in [2.75, 3.05) is 12.3 Å². The molecule has 6 nitrogen and oxygen atoms in total. The van der Waals surface area contributed by atoms with Crippen LogP contribution < -0.4 is 11.3 Å². The Morgan fingerprint density at radius 1 is 1.07 bits per heavy atom. The molecular weight excluding hydrogens is 394 g/mol. The summed E-state index contributed by atoms with van der Waals surface area (Å²) in [5.41, 5.74) is 10.9. The Balaban J connectivity index is 1.36. The third-order valence-electron chi connectivity index (χ3n) is 5.30. The van der Waals surface area contributed by atoms with Crippen LogP contribution >= 0.6 is 11.3 Å². The van der Waals surface area contributed by atoms with Gasteiger partial charge >= 0.3 is 0 Å². The first-order valence-electron chi connectivity index (χ1n) is 9.86. The molecule has 5 rings (SSSR count). The number of hydrogen-bond acceptors (Lipinski definition) is 6. The lowest BCUT2D eigenvalue weighted by atomic mass is 10.1. The van der Waals surface area contributed by atoms with E-state index in [9.17, 15) is 4.79 Å². The lowest BCUT2D eigenvalue weighted by Crippen LogP contribution is -2.35. The molecule has 0 saturated heterocycles. The zero-order chi connectivity index (χ0) is 20.5. The lowest BCUT2D eigenvalue weighted by Gasteiger charge is -2.27. The predicted octanol–water partition coefficient (Wildman–Crippen LogP) is 3.70. The Kier molecular flexibility index (Phi) is 4.90. The van der Waals surface area contributed by atoms with E-state index in [0.717, 1.165) is 46.1 Å². The molecule has 4 heterocycles. The quantitative estimate of drug-likeness (QED) is 0.496. The number of anilines is 1. The number of nitrogens with zero attached hydrogens (tertiary/aromatic N) is 3. The molecule has 1 aromatic carbocycles. The van der Waals surface area contributed by atoms with Crippen molar-refractivity contribution in [1.29, 1.82) is 0 Å². The van der Waals surface area contributed by atoms with E-state index in [1.54, 1.807) is 11.3 Å². The standard InChI is InChI=1S/C23H21N5OS/c24-16-8-6-15(7-9-16)22-26-19-10-11-28(14-18(19)23(29)27-22)13-17-3-1-4-20(25-17)21-5-2-12-30-21/h1-9,12H,10-11,13-14,24H2,(H,26,27,29). The molecule has 0 radical (unpaired) electrons. The highest BCUT2D eigenvalue weighted by Crippen LogP contribution is 2.24. The number of fused-ring (bicyclic) bond motifs is 1. The predicted molar refractivity (Wildman–Crippen MR) is 120 cm³/mol. The van der Waals surface area contributed by atoms with Gasteiger partial charge in [-0.3, -0.25) is 14.7 Å².